The number of hydrogen-bond acceptors (Lipinski definition) is 11. The molecule has 2 unspecified atom stereocenters. The van der Waals surface area contributed by atoms with Gasteiger partial charge in [-0.1, -0.05) is 11.2 Å². The SMILES string of the molecule is Nc1nc(C(=NO)C(=O)NC2C(=O)N3CC(C=CCOC(=O)NCCCl)(C(=O)O)CS[C@H]23)cs1. The molecule has 0 aromatic carbocycles. The molecule has 0 radical (unpaired) electrons. The quantitative estimate of drug-likeness (QED) is 0.0714. The lowest BCUT2D eigenvalue weighted by atomic mass is 9.86. The third-order valence-electron chi connectivity index (χ3n) is 5.01. The van der Waals surface area contributed by atoms with Gasteiger partial charge in [0.25, 0.3) is 5.91 Å². The van der Waals surface area contributed by atoms with E-state index in [0.717, 1.165) is 11.3 Å². The molecule has 0 bridgehead atoms. The van der Waals surface area contributed by atoms with E-state index in [1.165, 1.54) is 34.2 Å². The van der Waals surface area contributed by atoms with Gasteiger partial charge in [-0.15, -0.1) is 34.7 Å². The number of nitrogens with zero attached hydrogens (tertiary/aromatic N) is 3. The van der Waals surface area contributed by atoms with Crippen LogP contribution in [-0.2, 0) is 19.1 Å². The topological polar surface area (TPSA) is 197 Å². The highest BCUT2D eigenvalue weighted by molar-refractivity contribution is 8.00. The van der Waals surface area contributed by atoms with Gasteiger partial charge in [-0.25, -0.2) is 9.78 Å². The fourth-order valence-corrected chi connectivity index (χ4v) is 5.47. The van der Waals surface area contributed by atoms with Gasteiger partial charge in [0.15, 0.2) is 10.8 Å². The molecule has 3 amide bonds. The second-order valence-corrected chi connectivity index (χ2v) is 9.59. The Labute approximate surface area is 206 Å². The summed E-state index contributed by atoms with van der Waals surface area (Å²) in [6, 6.07) is -0.921. The summed E-state index contributed by atoms with van der Waals surface area (Å²) in [4.78, 5) is 53.9. The number of nitrogens with one attached hydrogen (secondary N) is 2. The number of aliphatic carboxylic acids is 1. The Hall–Kier alpha value is -3.04. The monoisotopic (exact) mass is 532 g/mol. The largest absolute Gasteiger partial charge is 0.481 e. The molecule has 184 valence electrons. The highest BCUT2D eigenvalue weighted by Gasteiger charge is 2.56. The van der Waals surface area contributed by atoms with Gasteiger partial charge < -0.3 is 36.3 Å². The predicted molar refractivity (Wildman–Crippen MR) is 124 cm³/mol. The number of halogens is 1. The maximum atomic E-state index is 12.7. The van der Waals surface area contributed by atoms with Gasteiger partial charge in [0, 0.05) is 30.1 Å². The number of amides is 3. The van der Waals surface area contributed by atoms with E-state index in [-0.39, 0.29) is 42.2 Å². The van der Waals surface area contributed by atoms with Gasteiger partial charge in [0.05, 0.1) is 0 Å². The van der Waals surface area contributed by atoms with Gasteiger partial charge in [-0.2, -0.15) is 0 Å². The summed E-state index contributed by atoms with van der Waals surface area (Å²) in [6.45, 7) is -0.0442. The minimum Gasteiger partial charge on any atom is -0.481 e. The number of nitrogens with two attached hydrogens (primary N) is 1. The summed E-state index contributed by atoms with van der Waals surface area (Å²) in [5.74, 6) is -2.09. The number of rotatable bonds is 9. The first-order valence-electron chi connectivity index (χ1n) is 9.76. The van der Waals surface area contributed by atoms with Gasteiger partial charge >= 0.3 is 12.1 Å². The Morgan fingerprint density at radius 2 is 2.24 bits per heavy atom. The third kappa shape index (κ3) is 5.37. The van der Waals surface area contributed by atoms with Crippen molar-refractivity contribution >= 4 is 69.4 Å². The number of β-lactam (4-membered cyclic amide) rings is 1. The minimum atomic E-state index is -1.39. The first-order valence-corrected chi connectivity index (χ1v) is 12.2. The summed E-state index contributed by atoms with van der Waals surface area (Å²) in [5, 5.41) is 28.0. The predicted octanol–water partition coefficient (Wildman–Crippen LogP) is -0.104. The van der Waals surface area contributed by atoms with Crippen LogP contribution in [0.3, 0.4) is 0 Å². The van der Waals surface area contributed by atoms with Crippen LogP contribution >= 0.6 is 34.7 Å². The Bertz CT molecular complexity index is 1030. The fourth-order valence-electron chi connectivity index (χ4n) is 3.31. The molecule has 6 N–H and O–H groups in total. The number of aromatic nitrogens is 1. The number of anilines is 1. The molecular weight excluding hydrogens is 512 g/mol. The number of thiazole rings is 1. The zero-order chi connectivity index (χ0) is 24.9. The van der Waals surface area contributed by atoms with Gasteiger partial charge in [0.2, 0.25) is 5.91 Å². The molecule has 13 nitrogen and oxygen atoms in total. The van der Waals surface area contributed by atoms with E-state index in [4.69, 9.17) is 22.1 Å². The number of fused-ring (bicyclic) bond motifs is 1. The van der Waals surface area contributed by atoms with Crippen molar-refractivity contribution in [3.05, 3.63) is 23.2 Å². The third-order valence-corrected chi connectivity index (χ3v) is 7.42. The van der Waals surface area contributed by atoms with Gasteiger partial charge in [-0.3, -0.25) is 14.4 Å². The maximum absolute atomic E-state index is 12.7. The Balaban J connectivity index is 1.60. The Morgan fingerprint density at radius 1 is 1.47 bits per heavy atom. The molecule has 3 heterocycles. The van der Waals surface area contributed by atoms with Crippen molar-refractivity contribution in [3.8, 4) is 0 Å². The second kappa shape index (κ2) is 10.9. The maximum Gasteiger partial charge on any atom is 0.407 e. The molecule has 0 spiro atoms. The Morgan fingerprint density at radius 3 is 2.85 bits per heavy atom. The number of carboxylic acids is 1. The number of alkyl carbamates (subject to hydrolysis) is 1. The van der Waals surface area contributed by atoms with Crippen molar-refractivity contribution in [1.82, 2.24) is 20.5 Å². The van der Waals surface area contributed by atoms with Crippen LogP contribution in [0.15, 0.2) is 22.7 Å². The average Bonchev–Trinajstić information content (AvgIpc) is 3.24. The number of carbonyl (C=O) groups is 4. The van der Waals surface area contributed by atoms with Crippen LogP contribution in [0.25, 0.3) is 0 Å². The summed E-state index contributed by atoms with van der Waals surface area (Å²) in [5.41, 5.74) is 3.82. The minimum absolute atomic E-state index is 0.0658. The summed E-state index contributed by atoms with van der Waals surface area (Å²) < 4.78 is 4.91. The van der Waals surface area contributed by atoms with Crippen molar-refractivity contribution in [2.24, 2.45) is 10.6 Å². The van der Waals surface area contributed by atoms with Crippen LogP contribution in [0.4, 0.5) is 9.93 Å². The zero-order valence-corrected chi connectivity index (χ0v) is 19.9. The smallest absolute Gasteiger partial charge is 0.407 e. The number of oxime groups is 1. The van der Waals surface area contributed by atoms with Crippen molar-refractivity contribution in [2.75, 3.05) is 37.1 Å². The van der Waals surface area contributed by atoms with Crippen LogP contribution in [0.1, 0.15) is 5.69 Å². The van der Waals surface area contributed by atoms with Crippen molar-refractivity contribution in [3.63, 3.8) is 0 Å². The van der Waals surface area contributed by atoms with Gasteiger partial charge in [-0.05, 0) is 6.08 Å². The molecule has 16 heteroatoms. The molecule has 2 aliphatic rings. The summed E-state index contributed by atoms with van der Waals surface area (Å²) in [6.07, 6.45) is 2.12. The van der Waals surface area contributed by atoms with Crippen molar-refractivity contribution in [1.29, 1.82) is 0 Å². The van der Waals surface area contributed by atoms with E-state index in [1.54, 1.807) is 0 Å². The molecule has 2 saturated heterocycles. The van der Waals surface area contributed by atoms with Crippen molar-refractivity contribution < 1.29 is 34.2 Å². The lowest BCUT2D eigenvalue weighted by Gasteiger charge is -2.53. The molecular formula is C18H21ClN6O7S2. The highest BCUT2D eigenvalue weighted by atomic mass is 35.5. The molecule has 0 saturated carbocycles. The first-order chi connectivity index (χ1) is 16.2. The normalized spacial score (nSPS) is 24.3. The second-order valence-electron chi connectivity index (χ2n) is 7.22. The van der Waals surface area contributed by atoms with Crippen LogP contribution in [0.2, 0.25) is 0 Å². The molecule has 2 fully saturated rings. The average molecular weight is 533 g/mol. The van der Waals surface area contributed by atoms with E-state index in [1.807, 2.05) is 0 Å². The number of hydrogen-bond donors (Lipinski definition) is 5. The molecule has 34 heavy (non-hydrogen) atoms. The van der Waals surface area contributed by atoms with E-state index in [0.29, 0.717) is 0 Å². The number of carboxylic acid groups (broad SMARTS) is 1. The van der Waals surface area contributed by atoms with Gasteiger partial charge in [0.1, 0.15) is 29.1 Å². The van der Waals surface area contributed by atoms with E-state index < -0.39 is 46.4 Å². The summed E-state index contributed by atoms with van der Waals surface area (Å²) >= 11 is 7.70. The summed E-state index contributed by atoms with van der Waals surface area (Å²) in [7, 11) is 0. The van der Waals surface area contributed by atoms with Crippen LogP contribution in [0.5, 0.6) is 0 Å². The number of ether oxygens (including phenoxy) is 1. The fraction of sp³-hybridized carbons (Fsp3) is 0.444. The first kappa shape index (κ1) is 25.6. The molecule has 1 aromatic rings. The van der Waals surface area contributed by atoms with Crippen molar-refractivity contribution in [2.45, 2.75) is 11.4 Å². The number of carbonyl (C=O) groups excluding carboxylic acids is 3. The lowest BCUT2D eigenvalue weighted by Crippen LogP contribution is -2.73. The van der Waals surface area contributed by atoms with Crippen LogP contribution < -0.4 is 16.4 Å². The number of nitrogen functional groups attached to an aromatic ring is 1. The molecule has 3 rings (SSSR count). The van der Waals surface area contributed by atoms with E-state index >= 15 is 0 Å². The molecule has 0 aliphatic carbocycles. The highest BCUT2D eigenvalue weighted by Crippen LogP contribution is 2.43. The van der Waals surface area contributed by atoms with Crippen LogP contribution in [-0.4, -0.2) is 92.5 Å². The number of thioether (sulfide) groups is 1. The van der Waals surface area contributed by atoms with E-state index in [2.05, 4.69) is 20.8 Å². The molecule has 3 atom stereocenters. The zero-order valence-electron chi connectivity index (χ0n) is 17.5. The number of alkyl halides is 1. The molecule has 1 aromatic heterocycles. The standard InChI is InChI=1S/C18H21ClN6O7S2/c19-3-4-21-17(30)32-5-1-2-18(15(28)29)7-25-13(27)11(14(25)34-8-18)23-12(26)10(24-31)9-6-33-16(20)22-9/h1-2,6,11,14,31H,3-5,7-8H2,(H2,20,22)(H,21,30)(H,23,26)(H,28,29)/t11?,14-,18?/m1/s1. The van der Waals surface area contributed by atoms with E-state index in [9.17, 15) is 29.5 Å². The molecule has 2 aliphatic heterocycles. The van der Waals surface area contributed by atoms with Crippen LogP contribution in [0, 0.1) is 5.41 Å². The Kier molecular flexibility index (Phi) is 8.22. The lowest BCUT2D eigenvalue weighted by molar-refractivity contribution is -0.156.